The minimum Gasteiger partial charge on any atom is -0.341 e. The lowest BCUT2D eigenvalue weighted by Crippen LogP contribution is -2.33. The highest BCUT2D eigenvalue weighted by Gasteiger charge is 2.26. The Balaban J connectivity index is 1.62. The molecular formula is C18H20N4. The second-order valence-corrected chi connectivity index (χ2v) is 5.98. The highest BCUT2D eigenvalue weighted by molar-refractivity contribution is 5.74. The van der Waals surface area contributed by atoms with Crippen LogP contribution in [-0.2, 0) is 6.54 Å². The summed E-state index contributed by atoms with van der Waals surface area (Å²) in [4.78, 5) is 15.1. The van der Waals surface area contributed by atoms with Crippen LogP contribution < -0.4 is 0 Å². The molecule has 1 atom stereocenters. The van der Waals surface area contributed by atoms with Crippen molar-refractivity contribution in [1.29, 1.82) is 0 Å². The van der Waals surface area contributed by atoms with Gasteiger partial charge in [0.05, 0.1) is 17.1 Å². The van der Waals surface area contributed by atoms with Crippen LogP contribution in [0.15, 0.2) is 48.8 Å². The lowest BCUT2D eigenvalue weighted by Gasteiger charge is -2.34. The number of likely N-dealkylation sites (tertiary alicyclic amines) is 1. The number of aromatic nitrogens is 3. The lowest BCUT2D eigenvalue weighted by molar-refractivity contribution is 0.134. The number of nitrogens with zero attached hydrogens (tertiary/aromatic N) is 3. The van der Waals surface area contributed by atoms with Crippen molar-refractivity contribution in [2.24, 2.45) is 0 Å². The van der Waals surface area contributed by atoms with Crippen LogP contribution in [0.25, 0.3) is 11.0 Å². The van der Waals surface area contributed by atoms with Crippen LogP contribution in [0, 0.1) is 0 Å². The normalized spacial score (nSPS) is 19.5. The van der Waals surface area contributed by atoms with Crippen LogP contribution in [-0.4, -0.2) is 26.4 Å². The van der Waals surface area contributed by atoms with Crippen LogP contribution in [0.5, 0.6) is 0 Å². The fraction of sp³-hybridized carbons (Fsp3) is 0.333. The zero-order chi connectivity index (χ0) is 14.8. The molecule has 0 saturated carbocycles. The molecule has 4 heteroatoms. The van der Waals surface area contributed by atoms with Crippen molar-refractivity contribution in [2.45, 2.75) is 31.8 Å². The average molecular weight is 292 g/mol. The Morgan fingerprint density at radius 1 is 1.14 bits per heavy atom. The first-order valence-corrected chi connectivity index (χ1v) is 7.98. The number of hydrogen-bond acceptors (Lipinski definition) is 3. The van der Waals surface area contributed by atoms with Crippen molar-refractivity contribution in [3.05, 3.63) is 60.2 Å². The van der Waals surface area contributed by atoms with Gasteiger partial charge < -0.3 is 4.98 Å². The van der Waals surface area contributed by atoms with E-state index in [-0.39, 0.29) is 0 Å². The fourth-order valence-electron chi connectivity index (χ4n) is 3.35. The molecule has 1 aliphatic rings. The van der Waals surface area contributed by atoms with Crippen molar-refractivity contribution < 1.29 is 0 Å². The molecule has 1 saturated heterocycles. The number of benzene rings is 1. The quantitative estimate of drug-likeness (QED) is 0.801. The molecule has 4 rings (SSSR count). The maximum Gasteiger partial charge on any atom is 0.124 e. The molecule has 3 heterocycles. The van der Waals surface area contributed by atoms with Crippen LogP contribution in [0.1, 0.15) is 36.7 Å². The van der Waals surface area contributed by atoms with E-state index in [1.807, 2.05) is 24.5 Å². The zero-order valence-corrected chi connectivity index (χ0v) is 12.6. The Hall–Kier alpha value is -2.20. The molecule has 0 amide bonds. The van der Waals surface area contributed by atoms with Gasteiger partial charge in [0.1, 0.15) is 5.82 Å². The van der Waals surface area contributed by atoms with Gasteiger partial charge in [0.25, 0.3) is 0 Å². The highest BCUT2D eigenvalue weighted by Crippen LogP contribution is 2.31. The summed E-state index contributed by atoms with van der Waals surface area (Å²) in [6.45, 7) is 2.06. The molecule has 112 valence electrons. The van der Waals surface area contributed by atoms with Gasteiger partial charge in [-0.05, 0) is 43.1 Å². The van der Waals surface area contributed by atoms with Crippen molar-refractivity contribution in [1.82, 2.24) is 19.9 Å². The molecule has 0 bridgehead atoms. The van der Waals surface area contributed by atoms with E-state index in [0.29, 0.717) is 6.04 Å². The molecular weight excluding hydrogens is 272 g/mol. The second-order valence-electron chi connectivity index (χ2n) is 5.98. The molecule has 0 aliphatic carbocycles. The summed E-state index contributed by atoms with van der Waals surface area (Å²) < 4.78 is 0. The summed E-state index contributed by atoms with van der Waals surface area (Å²) in [5, 5.41) is 0. The van der Waals surface area contributed by atoms with Crippen molar-refractivity contribution in [3.63, 3.8) is 0 Å². The molecule has 22 heavy (non-hydrogen) atoms. The van der Waals surface area contributed by atoms with Gasteiger partial charge in [-0.15, -0.1) is 0 Å². The van der Waals surface area contributed by atoms with Crippen LogP contribution in [0.2, 0.25) is 0 Å². The van der Waals surface area contributed by atoms with E-state index in [9.17, 15) is 0 Å². The van der Waals surface area contributed by atoms with Crippen molar-refractivity contribution in [3.8, 4) is 0 Å². The summed E-state index contributed by atoms with van der Waals surface area (Å²) in [5.41, 5.74) is 3.46. The number of fused-ring (bicyclic) bond motifs is 1. The predicted octanol–water partition coefficient (Wildman–Crippen LogP) is 3.69. The van der Waals surface area contributed by atoms with Gasteiger partial charge in [-0.2, -0.15) is 0 Å². The third-order valence-corrected chi connectivity index (χ3v) is 4.45. The van der Waals surface area contributed by atoms with Crippen LogP contribution >= 0.6 is 0 Å². The molecule has 0 unspecified atom stereocenters. The summed E-state index contributed by atoms with van der Waals surface area (Å²) in [6.07, 6.45) is 7.49. The number of imidazole rings is 1. The van der Waals surface area contributed by atoms with E-state index in [4.69, 9.17) is 4.98 Å². The third-order valence-electron chi connectivity index (χ3n) is 4.45. The van der Waals surface area contributed by atoms with Crippen LogP contribution in [0.3, 0.4) is 0 Å². The minimum absolute atomic E-state index is 0.376. The number of pyridine rings is 1. The van der Waals surface area contributed by atoms with Gasteiger partial charge in [-0.1, -0.05) is 24.6 Å². The van der Waals surface area contributed by atoms with Gasteiger partial charge in [-0.3, -0.25) is 9.88 Å². The van der Waals surface area contributed by atoms with Crippen molar-refractivity contribution >= 4 is 11.0 Å². The van der Waals surface area contributed by atoms with E-state index in [0.717, 1.165) is 29.9 Å². The molecule has 1 fully saturated rings. The number of para-hydroxylation sites is 2. The monoisotopic (exact) mass is 292 g/mol. The maximum absolute atomic E-state index is 4.82. The molecule has 2 aromatic heterocycles. The Morgan fingerprint density at radius 3 is 2.95 bits per heavy atom. The zero-order valence-electron chi connectivity index (χ0n) is 12.6. The number of nitrogens with one attached hydrogen (secondary N) is 1. The Labute approximate surface area is 130 Å². The summed E-state index contributed by atoms with van der Waals surface area (Å²) in [6, 6.07) is 12.8. The number of rotatable bonds is 3. The molecule has 3 aromatic rings. The van der Waals surface area contributed by atoms with Gasteiger partial charge >= 0.3 is 0 Å². The van der Waals surface area contributed by atoms with Crippen molar-refractivity contribution in [2.75, 3.05) is 6.54 Å². The molecule has 1 aromatic carbocycles. The molecule has 0 spiro atoms. The lowest BCUT2D eigenvalue weighted by atomic mass is 10.0. The van der Waals surface area contributed by atoms with Gasteiger partial charge in [0.15, 0.2) is 0 Å². The van der Waals surface area contributed by atoms with E-state index in [2.05, 4.69) is 39.1 Å². The third kappa shape index (κ3) is 2.62. The van der Waals surface area contributed by atoms with E-state index < -0.39 is 0 Å². The first kappa shape index (κ1) is 13.5. The number of aromatic amines is 1. The van der Waals surface area contributed by atoms with E-state index in [1.165, 1.54) is 24.8 Å². The average Bonchev–Trinajstić information content (AvgIpc) is 3.00. The van der Waals surface area contributed by atoms with Gasteiger partial charge in [0, 0.05) is 18.9 Å². The Bertz CT molecular complexity index is 717. The summed E-state index contributed by atoms with van der Waals surface area (Å²) in [5.74, 6) is 1.10. The first-order chi connectivity index (χ1) is 10.9. The first-order valence-electron chi connectivity index (χ1n) is 7.98. The topological polar surface area (TPSA) is 44.8 Å². The van der Waals surface area contributed by atoms with Gasteiger partial charge in [0.2, 0.25) is 0 Å². The second kappa shape index (κ2) is 5.89. The smallest absolute Gasteiger partial charge is 0.124 e. The summed E-state index contributed by atoms with van der Waals surface area (Å²) in [7, 11) is 0. The number of piperidine rings is 1. The molecule has 4 nitrogen and oxygen atoms in total. The molecule has 1 N–H and O–H groups in total. The minimum atomic E-state index is 0.376. The highest BCUT2D eigenvalue weighted by atomic mass is 15.2. The van der Waals surface area contributed by atoms with E-state index >= 15 is 0 Å². The van der Waals surface area contributed by atoms with Gasteiger partial charge in [-0.25, -0.2) is 4.98 Å². The Morgan fingerprint density at radius 2 is 2.09 bits per heavy atom. The predicted molar refractivity (Wildman–Crippen MR) is 87.3 cm³/mol. The maximum atomic E-state index is 4.82. The Kier molecular flexibility index (Phi) is 3.60. The largest absolute Gasteiger partial charge is 0.341 e. The number of H-pyrrole nitrogens is 1. The molecule has 0 radical (unpaired) electrons. The summed E-state index contributed by atoms with van der Waals surface area (Å²) >= 11 is 0. The number of hydrogen-bond donors (Lipinski definition) is 1. The SMILES string of the molecule is c1cncc(CN2CCCC[C@@H]2c2nc3ccccc3[nH]2)c1. The fourth-order valence-corrected chi connectivity index (χ4v) is 3.35. The molecule has 1 aliphatic heterocycles. The van der Waals surface area contributed by atoms with E-state index in [1.54, 1.807) is 0 Å². The standard InChI is InChI=1S/C18H20N4/c1-2-8-16-15(7-1)20-18(21-16)17-9-3-4-11-22(17)13-14-6-5-10-19-12-14/h1-2,5-8,10,12,17H,3-4,9,11,13H2,(H,20,21)/t17-/m1/s1. The van der Waals surface area contributed by atoms with Crippen LogP contribution in [0.4, 0.5) is 0 Å².